The molecule has 0 aliphatic heterocycles. The van der Waals surface area contributed by atoms with Crippen LogP contribution in [0.25, 0.3) is 0 Å². The van der Waals surface area contributed by atoms with E-state index in [1.807, 2.05) is 6.07 Å². The predicted molar refractivity (Wildman–Crippen MR) is 88.0 cm³/mol. The van der Waals surface area contributed by atoms with Crippen molar-refractivity contribution in [2.24, 2.45) is 0 Å². The molecule has 138 valence electrons. The fraction of sp³-hybridized carbons (Fsp3) is 0.471. The van der Waals surface area contributed by atoms with Gasteiger partial charge in [0.2, 0.25) is 0 Å². The highest BCUT2D eigenvalue weighted by Crippen LogP contribution is 2.08. The minimum Gasteiger partial charge on any atom is -0.480 e. The molecule has 0 radical (unpaired) electrons. The molecule has 0 heterocycles. The number of ether oxygens (including phenoxy) is 3. The summed E-state index contributed by atoms with van der Waals surface area (Å²) in [6.45, 7) is 4.84. The maximum Gasteiger partial charge on any atom is 0.508 e. The smallest absolute Gasteiger partial charge is 0.480 e. The number of hydrogen-bond acceptors (Lipinski definition) is 6. The van der Waals surface area contributed by atoms with Crippen LogP contribution in [0.2, 0.25) is 0 Å². The lowest BCUT2D eigenvalue weighted by molar-refractivity contribution is -0.139. The van der Waals surface area contributed by atoms with Crippen molar-refractivity contribution >= 4 is 18.2 Å². The summed E-state index contributed by atoms with van der Waals surface area (Å²) in [4.78, 5) is 34.2. The molecule has 25 heavy (non-hydrogen) atoms. The summed E-state index contributed by atoms with van der Waals surface area (Å²) in [5.41, 5.74) is 0.0701. The number of rotatable bonds is 7. The Morgan fingerprint density at radius 3 is 2.32 bits per heavy atom. The van der Waals surface area contributed by atoms with E-state index >= 15 is 0 Å². The summed E-state index contributed by atoms with van der Waals surface area (Å²) in [7, 11) is 0. The van der Waals surface area contributed by atoms with Gasteiger partial charge in [-0.2, -0.15) is 0 Å². The fourth-order valence-electron chi connectivity index (χ4n) is 1.70. The van der Waals surface area contributed by atoms with Crippen molar-refractivity contribution in [1.29, 1.82) is 0 Å². The van der Waals surface area contributed by atoms with Crippen LogP contribution in [0.15, 0.2) is 30.3 Å². The number of benzene rings is 1. The quantitative estimate of drug-likeness (QED) is 0.725. The van der Waals surface area contributed by atoms with Gasteiger partial charge < -0.3 is 24.6 Å². The van der Waals surface area contributed by atoms with Gasteiger partial charge in [-0.1, -0.05) is 30.3 Å². The number of amides is 1. The number of carbonyl (C=O) groups excluding carboxylic acids is 2. The number of carboxylic acids is 1. The summed E-state index contributed by atoms with van der Waals surface area (Å²) < 4.78 is 14.7. The van der Waals surface area contributed by atoms with Crippen molar-refractivity contribution in [2.45, 2.75) is 45.4 Å². The van der Waals surface area contributed by atoms with Gasteiger partial charge in [-0.25, -0.2) is 14.4 Å². The zero-order chi connectivity index (χ0) is 18.9. The second kappa shape index (κ2) is 9.51. The molecular weight excluding hydrogens is 330 g/mol. The van der Waals surface area contributed by atoms with Gasteiger partial charge >= 0.3 is 18.2 Å². The van der Waals surface area contributed by atoms with E-state index in [0.29, 0.717) is 0 Å². The van der Waals surface area contributed by atoms with Crippen LogP contribution in [-0.2, 0) is 25.6 Å². The van der Waals surface area contributed by atoms with Crippen LogP contribution in [0.5, 0.6) is 0 Å². The third kappa shape index (κ3) is 9.19. The van der Waals surface area contributed by atoms with E-state index in [1.54, 1.807) is 45.0 Å². The Kier molecular flexibility index (Phi) is 7.71. The van der Waals surface area contributed by atoms with E-state index < -0.39 is 29.9 Å². The first kappa shape index (κ1) is 20.3. The van der Waals surface area contributed by atoms with Gasteiger partial charge in [0.15, 0.2) is 0 Å². The predicted octanol–water partition coefficient (Wildman–Crippen LogP) is 2.71. The molecule has 0 saturated carbocycles. The Morgan fingerprint density at radius 2 is 1.76 bits per heavy atom. The molecular formula is C17H23NO7. The van der Waals surface area contributed by atoms with Crippen molar-refractivity contribution < 1.29 is 33.7 Å². The van der Waals surface area contributed by atoms with Crippen molar-refractivity contribution in [3.05, 3.63) is 35.9 Å². The average Bonchev–Trinajstić information content (AvgIpc) is 2.51. The topological polar surface area (TPSA) is 111 Å². The summed E-state index contributed by atoms with van der Waals surface area (Å²) in [6, 6.07) is 7.72. The average molecular weight is 353 g/mol. The number of aliphatic carboxylic acids is 1. The first-order chi connectivity index (χ1) is 11.7. The molecule has 1 amide bonds. The summed E-state index contributed by atoms with van der Waals surface area (Å²) in [5, 5.41) is 11.3. The Hall–Kier alpha value is -2.77. The summed E-state index contributed by atoms with van der Waals surface area (Å²) >= 11 is 0. The highest BCUT2D eigenvalue weighted by Gasteiger charge is 2.22. The first-order valence-corrected chi connectivity index (χ1v) is 7.73. The van der Waals surface area contributed by atoms with Gasteiger partial charge in [0.25, 0.3) is 0 Å². The Morgan fingerprint density at radius 1 is 1.12 bits per heavy atom. The van der Waals surface area contributed by atoms with Gasteiger partial charge in [-0.05, 0) is 26.3 Å². The van der Waals surface area contributed by atoms with Gasteiger partial charge in [0.1, 0.15) is 18.2 Å². The first-order valence-electron chi connectivity index (χ1n) is 7.73. The van der Waals surface area contributed by atoms with Gasteiger partial charge in [-0.15, -0.1) is 0 Å². The SMILES string of the molecule is CC(C)(C)OC(=O)OCC[C@H](NC(=O)OCc1ccccc1)C(=O)O. The van der Waals surface area contributed by atoms with Crippen molar-refractivity contribution in [1.82, 2.24) is 5.32 Å². The highest BCUT2D eigenvalue weighted by atomic mass is 16.7. The van der Waals surface area contributed by atoms with Crippen LogP contribution < -0.4 is 5.32 Å². The van der Waals surface area contributed by atoms with Crippen molar-refractivity contribution in [2.75, 3.05) is 6.61 Å². The summed E-state index contributed by atoms with van der Waals surface area (Å²) in [5.74, 6) is -1.26. The third-order valence-corrected chi connectivity index (χ3v) is 2.82. The van der Waals surface area contributed by atoms with E-state index in [2.05, 4.69) is 5.32 Å². The standard InChI is InChI=1S/C17H23NO7/c1-17(2,3)25-16(22)23-10-9-13(14(19)20)18-15(21)24-11-12-7-5-4-6-8-12/h4-8,13H,9-11H2,1-3H3,(H,18,21)(H,19,20)/t13-/m0/s1. The van der Waals surface area contributed by atoms with Gasteiger partial charge in [0, 0.05) is 6.42 Å². The maximum absolute atomic E-state index is 11.7. The zero-order valence-corrected chi connectivity index (χ0v) is 14.5. The number of carbonyl (C=O) groups is 3. The molecule has 0 spiro atoms. The molecule has 0 fully saturated rings. The summed E-state index contributed by atoms with van der Waals surface area (Å²) in [6.07, 6.45) is -1.88. The normalized spacial score (nSPS) is 12.0. The fourth-order valence-corrected chi connectivity index (χ4v) is 1.70. The van der Waals surface area contributed by atoms with Crippen LogP contribution in [-0.4, -0.2) is 41.6 Å². The molecule has 0 aromatic heterocycles. The highest BCUT2D eigenvalue weighted by molar-refractivity contribution is 5.79. The molecule has 0 aliphatic carbocycles. The molecule has 2 N–H and O–H groups in total. The van der Waals surface area contributed by atoms with E-state index in [9.17, 15) is 14.4 Å². The number of alkyl carbamates (subject to hydrolysis) is 1. The molecule has 8 heteroatoms. The lowest BCUT2D eigenvalue weighted by Crippen LogP contribution is -2.42. The molecule has 1 aromatic carbocycles. The van der Waals surface area contributed by atoms with Crippen molar-refractivity contribution in [3.63, 3.8) is 0 Å². The van der Waals surface area contributed by atoms with Gasteiger partial charge in [0.05, 0.1) is 6.61 Å². The Bertz CT molecular complexity index is 580. The lowest BCUT2D eigenvalue weighted by Gasteiger charge is -2.19. The minimum atomic E-state index is -1.26. The van der Waals surface area contributed by atoms with Crippen molar-refractivity contribution in [3.8, 4) is 0 Å². The minimum absolute atomic E-state index is 0.0213. The van der Waals surface area contributed by atoms with Crippen LogP contribution in [0.1, 0.15) is 32.8 Å². The van der Waals surface area contributed by atoms with E-state index in [1.165, 1.54) is 0 Å². The molecule has 0 bridgehead atoms. The molecule has 1 aromatic rings. The van der Waals surface area contributed by atoms with E-state index in [-0.39, 0.29) is 19.6 Å². The van der Waals surface area contributed by atoms with Crippen LogP contribution >= 0.6 is 0 Å². The van der Waals surface area contributed by atoms with E-state index in [4.69, 9.17) is 19.3 Å². The Labute approximate surface area is 146 Å². The maximum atomic E-state index is 11.7. The second-order valence-corrected chi connectivity index (χ2v) is 6.20. The van der Waals surface area contributed by atoms with E-state index in [0.717, 1.165) is 5.56 Å². The number of hydrogen-bond donors (Lipinski definition) is 2. The monoisotopic (exact) mass is 353 g/mol. The second-order valence-electron chi connectivity index (χ2n) is 6.20. The molecule has 0 saturated heterocycles. The zero-order valence-electron chi connectivity index (χ0n) is 14.5. The van der Waals surface area contributed by atoms with Crippen LogP contribution in [0, 0.1) is 0 Å². The van der Waals surface area contributed by atoms with Gasteiger partial charge in [-0.3, -0.25) is 0 Å². The molecule has 0 unspecified atom stereocenters. The van der Waals surface area contributed by atoms with Crippen LogP contribution in [0.4, 0.5) is 9.59 Å². The lowest BCUT2D eigenvalue weighted by atomic mass is 10.2. The molecule has 1 atom stereocenters. The molecule has 0 aliphatic rings. The molecule has 8 nitrogen and oxygen atoms in total. The van der Waals surface area contributed by atoms with Crippen LogP contribution in [0.3, 0.4) is 0 Å². The third-order valence-electron chi connectivity index (χ3n) is 2.82. The number of nitrogens with one attached hydrogen (secondary N) is 1. The molecule has 1 rings (SSSR count). The number of carboxylic acid groups (broad SMARTS) is 1. The Balaban J connectivity index is 2.37. The largest absolute Gasteiger partial charge is 0.508 e.